The van der Waals surface area contributed by atoms with E-state index in [0.717, 1.165) is 0 Å². The van der Waals surface area contributed by atoms with Gasteiger partial charge in [-0.25, -0.2) is 8.42 Å². The van der Waals surface area contributed by atoms with E-state index in [9.17, 15) is 8.42 Å². The van der Waals surface area contributed by atoms with E-state index in [1.807, 2.05) is 13.8 Å². The Morgan fingerprint density at radius 2 is 2.00 bits per heavy atom. The third-order valence-electron chi connectivity index (χ3n) is 2.08. The molecular formula is C11H17NO3S. The predicted octanol–water partition coefficient (Wildman–Crippen LogP) is 1.71. The molecule has 16 heavy (non-hydrogen) atoms. The number of nitrogen functional groups attached to an aromatic ring is 1. The summed E-state index contributed by atoms with van der Waals surface area (Å²) in [7, 11) is -1.87. The van der Waals surface area contributed by atoms with Gasteiger partial charge in [-0.1, -0.05) is 13.8 Å². The molecule has 0 fully saturated rings. The third-order valence-corrected chi connectivity index (χ3v) is 4.19. The van der Waals surface area contributed by atoms with Crippen molar-refractivity contribution in [1.82, 2.24) is 0 Å². The quantitative estimate of drug-likeness (QED) is 0.817. The molecule has 0 aliphatic carbocycles. The zero-order valence-corrected chi connectivity index (χ0v) is 10.5. The standard InChI is InChI=1S/C11H17NO3S/c1-8(2)7-16(13,14)11-5-4-9(12)6-10(11)15-3/h4-6,8H,7,12H2,1-3H3. The Balaban J connectivity index is 3.22. The van der Waals surface area contributed by atoms with E-state index >= 15 is 0 Å². The molecule has 0 amide bonds. The Morgan fingerprint density at radius 1 is 1.38 bits per heavy atom. The lowest BCUT2D eigenvalue weighted by molar-refractivity contribution is 0.403. The Hall–Kier alpha value is -1.23. The van der Waals surface area contributed by atoms with Gasteiger partial charge in [-0.2, -0.15) is 0 Å². The van der Waals surface area contributed by atoms with Gasteiger partial charge in [-0.05, 0) is 18.1 Å². The molecule has 0 unspecified atom stereocenters. The summed E-state index contributed by atoms with van der Waals surface area (Å²) >= 11 is 0. The van der Waals surface area contributed by atoms with Crippen molar-refractivity contribution in [3.63, 3.8) is 0 Å². The first-order valence-corrected chi connectivity index (χ1v) is 6.68. The Kier molecular flexibility index (Phi) is 3.80. The normalized spacial score (nSPS) is 11.8. The molecule has 1 aromatic rings. The molecule has 0 bridgehead atoms. The van der Waals surface area contributed by atoms with Crippen molar-refractivity contribution in [3.05, 3.63) is 18.2 Å². The van der Waals surface area contributed by atoms with Crippen molar-refractivity contribution < 1.29 is 13.2 Å². The fraction of sp³-hybridized carbons (Fsp3) is 0.455. The maximum atomic E-state index is 12.0. The van der Waals surface area contributed by atoms with Gasteiger partial charge < -0.3 is 10.5 Å². The van der Waals surface area contributed by atoms with Gasteiger partial charge in [0.2, 0.25) is 0 Å². The van der Waals surface area contributed by atoms with Gasteiger partial charge in [0.1, 0.15) is 10.6 Å². The highest BCUT2D eigenvalue weighted by molar-refractivity contribution is 7.91. The second-order valence-electron chi connectivity index (χ2n) is 4.09. The van der Waals surface area contributed by atoms with E-state index in [4.69, 9.17) is 10.5 Å². The molecule has 0 radical (unpaired) electrons. The van der Waals surface area contributed by atoms with E-state index in [0.29, 0.717) is 11.4 Å². The van der Waals surface area contributed by atoms with E-state index in [1.54, 1.807) is 6.07 Å². The topological polar surface area (TPSA) is 69.4 Å². The van der Waals surface area contributed by atoms with Crippen LogP contribution >= 0.6 is 0 Å². The molecule has 0 aliphatic heterocycles. The molecule has 0 saturated carbocycles. The summed E-state index contributed by atoms with van der Waals surface area (Å²) < 4.78 is 29.1. The number of benzene rings is 1. The summed E-state index contributed by atoms with van der Waals surface area (Å²) in [5.41, 5.74) is 6.06. The smallest absolute Gasteiger partial charge is 0.182 e. The zero-order chi connectivity index (χ0) is 12.3. The van der Waals surface area contributed by atoms with Gasteiger partial charge in [0.25, 0.3) is 0 Å². The molecule has 0 spiro atoms. The molecule has 4 nitrogen and oxygen atoms in total. The second-order valence-corrected chi connectivity index (χ2v) is 6.09. The van der Waals surface area contributed by atoms with Crippen molar-refractivity contribution in [2.24, 2.45) is 5.92 Å². The fourth-order valence-electron chi connectivity index (χ4n) is 1.47. The molecule has 1 aromatic carbocycles. The number of hydrogen-bond donors (Lipinski definition) is 1. The lowest BCUT2D eigenvalue weighted by Gasteiger charge is -2.11. The van der Waals surface area contributed by atoms with Gasteiger partial charge in [0.05, 0.1) is 12.9 Å². The number of rotatable bonds is 4. The lowest BCUT2D eigenvalue weighted by atomic mass is 10.3. The van der Waals surface area contributed by atoms with Gasteiger partial charge in [-0.3, -0.25) is 0 Å². The summed E-state index contributed by atoms with van der Waals surface area (Å²) in [6.07, 6.45) is 0. The van der Waals surface area contributed by atoms with Crippen LogP contribution in [0, 0.1) is 5.92 Å². The molecule has 0 atom stereocenters. The first-order chi connectivity index (χ1) is 7.36. The van der Waals surface area contributed by atoms with Crippen molar-refractivity contribution >= 4 is 15.5 Å². The molecule has 0 saturated heterocycles. The molecule has 0 aromatic heterocycles. The number of anilines is 1. The molecule has 0 heterocycles. The largest absolute Gasteiger partial charge is 0.495 e. The van der Waals surface area contributed by atoms with Gasteiger partial charge in [0.15, 0.2) is 9.84 Å². The lowest BCUT2D eigenvalue weighted by Crippen LogP contribution is -2.13. The number of ether oxygens (including phenoxy) is 1. The third kappa shape index (κ3) is 2.88. The Bertz CT molecular complexity index is 466. The first kappa shape index (κ1) is 12.8. The predicted molar refractivity (Wildman–Crippen MR) is 64.3 cm³/mol. The fourth-order valence-corrected chi connectivity index (χ4v) is 3.25. The van der Waals surface area contributed by atoms with Gasteiger partial charge >= 0.3 is 0 Å². The van der Waals surface area contributed by atoms with E-state index in [1.165, 1.54) is 19.2 Å². The summed E-state index contributed by atoms with van der Waals surface area (Å²) in [4.78, 5) is 0.206. The minimum absolute atomic E-state index is 0.0762. The maximum absolute atomic E-state index is 12.0. The average Bonchev–Trinajstić information content (AvgIpc) is 2.15. The van der Waals surface area contributed by atoms with Crippen molar-refractivity contribution in [3.8, 4) is 5.75 Å². The highest BCUT2D eigenvalue weighted by Gasteiger charge is 2.20. The van der Waals surface area contributed by atoms with Crippen LogP contribution in [0.5, 0.6) is 5.75 Å². The highest BCUT2D eigenvalue weighted by Crippen LogP contribution is 2.27. The van der Waals surface area contributed by atoms with Crippen molar-refractivity contribution in [2.75, 3.05) is 18.6 Å². The summed E-state index contributed by atoms with van der Waals surface area (Å²) in [6, 6.07) is 4.58. The highest BCUT2D eigenvalue weighted by atomic mass is 32.2. The van der Waals surface area contributed by atoms with E-state index in [-0.39, 0.29) is 16.6 Å². The number of methoxy groups -OCH3 is 1. The van der Waals surface area contributed by atoms with E-state index in [2.05, 4.69) is 0 Å². The average molecular weight is 243 g/mol. The van der Waals surface area contributed by atoms with Crippen molar-refractivity contribution in [2.45, 2.75) is 18.7 Å². The number of nitrogens with two attached hydrogens (primary N) is 1. The van der Waals surface area contributed by atoms with Crippen LogP contribution < -0.4 is 10.5 Å². The van der Waals surface area contributed by atoms with Crippen LogP contribution in [0.2, 0.25) is 0 Å². The minimum Gasteiger partial charge on any atom is -0.495 e. The minimum atomic E-state index is -3.30. The second kappa shape index (κ2) is 4.74. The molecule has 1 rings (SSSR count). The van der Waals surface area contributed by atoms with Crippen LogP contribution in [0.4, 0.5) is 5.69 Å². The molecular weight excluding hydrogens is 226 g/mol. The van der Waals surface area contributed by atoms with Gasteiger partial charge in [0, 0.05) is 11.8 Å². The van der Waals surface area contributed by atoms with Crippen LogP contribution in [0.1, 0.15) is 13.8 Å². The first-order valence-electron chi connectivity index (χ1n) is 5.03. The van der Waals surface area contributed by atoms with Crippen LogP contribution in [0.15, 0.2) is 23.1 Å². The van der Waals surface area contributed by atoms with Crippen LogP contribution in [-0.4, -0.2) is 21.3 Å². The zero-order valence-electron chi connectivity index (χ0n) is 9.73. The molecule has 0 aliphatic rings. The van der Waals surface area contributed by atoms with Crippen molar-refractivity contribution in [1.29, 1.82) is 0 Å². The summed E-state index contributed by atoms with van der Waals surface area (Å²) in [5, 5.41) is 0. The van der Waals surface area contributed by atoms with Gasteiger partial charge in [-0.15, -0.1) is 0 Å². The Labute approximate surface area is 96.3 Å². The monoisotopic (exact) mass is 243 g/mol. The SMILES string of the molecule is COc1cc(N)ccc1S(=O)(=O)CC(C)C. The number of sulfone groups is 1. The Morgan fingerprint density at radius 3 is 2.50 bits per heavy atom. The molecule has 90 valence electrons. The van der Waals surface area contributed by atoms with Crippen LogP contribution in [0.3, 0.4) is 0 Å². The molecule has 5 heteroatoms. The molecule has 2 N–H and O–H groups in total. The summed E-state index contributed by atoms with van der Waals surface area (Å²) in [5.74, 6) is 0.487. The maximum Gasteiger partial charge on any atom is 0.182 e. The van der Waals surface area contributed by atoms with Crippen LogP contribution in [-0.2, 0) is 9.84 Å². The van der Waals surface area contributed by atoms with E-state index < -0.39 is 9.84 Å². The van der Waals surface area contributed by atoms with Crippen LogP contribution in [0.25, 0.3) is 0 Å². The summed E-state index contributed by atoms with van der Waals surface area (Å²) in [6.45, 7) is 3.72. The number of hydrogen-bond acceptors (Lipinski definition) is 4.